The summed E-state index contributed by atoms with van der Waals surface area (Å²) >= 11 is 1.37. The molecule has 3 aromatic rings. The number of hydrogen-bond acceptors (Lipinski definition) is 7. The molecule has 1 saturated heterocycles. The molecule has 1 N–H and O–H groups in total. The monoisotopic (exact) mass is 412 g/mol. The fourth-order valence-corrected chi connectivity index (χ4v) is 4.21. The minimum absolute atomic E-state index is 0.0800. The van der Waals surface area contributed by atoms with Crippen LogP contribution in [0.5, 0.6) is 0 Å². The molecule has 8 nitrogen and oxygen atoms in total. The first kappa shape index (κ1) is 19.7. The Bertz CT molecular complexity index is 1010. The van der Waals surface area contributed by atoms with Gasteiger partial charge in [-0.15, -0.1) is 10.2 Å². The molecule has 1 aromatic carbocycles. The van der Waals surface area contributed by atoms with E-state index in [1.165, 1.54) is 11.8 Å². The van der Waals surface area contributed by atoms with Gasteiger partial charge in [0.05, 0.1) is 18.5 Å². The number of thioether (sulfide) groups is 1. The molecule has 0 saturated carbocycles. The number of fused-ring (bicyclic) bond motifs is 1. The summed E-state index contributed by atoms with van der Waals surface area (Å²) in [5.74, 6) is 0.472. The van der Waals surface area contributed by atoms with Crippen LogP contribution >= 0.6 is 11.8 Å². The largest absolute Gasteiger partial charge is 0.378 e. The van der Waals surface area contributed by atoms with Gasteiger partial charge in [-0.3, -0.25) is 9.20 Å². The lowest BCUT2D eigenvalue weighted by Crippen LogP contribution is -2.36. The van der Waals surface area contributed by atoms with Crippen molar-refractivity contribution in [2.24, 2.45) is 0 Å². The van der Waals surface area contributed by atoms with E-state index in [4.69, 9.17) is 4.74 Å². The number of rotatable bonds is 5. The van der Waals surface area contributed by atoms with Crippen LogP contribution in [0.1, 0.15) is 18.3 Å². The van der Waals surface area contributed by atoms with Crippen LogP contribution in [-0.2, 0) is 9.53 Å². The van der Waals surface area contributed by atoms with Crippen LogP contribution in [0, 0.1) is 13.8 Å². The summed E-state index contributed by atoms with van der Waals surface area (Å²) in [4.78, 5) is 19.3. The van der Waals surface area contributed by atoms with Gasteiger partial charge in [-0.1, -0.05) is 11.8 Å². The predicted molar refractivity (Wildman–Crippen MR) is 114 cm³/mol. The molecule has 0 radical (unpaired) electrons. The van der Waals surface area contributed by atoms with Crippen LogP contribution in [0.3, 0.4) is 0 Å². The number of aromatic nitrogens is 4. The number of benzene rings is 1. The normalized spacial score (nSPS) is 15.5. The second-order valence-corrected chi connectivity index (χ2v) is 8.36. The minimum atomic E-state index is -0.331. The van der Waals surface area contributed by atoms with Gasteiger partial charge in [-0.25, -0.2) is 4.98 Å². The number of carbonyl (C=O) groups excluding carboxylic acids is 1. The molecule has 9 heteroatoms. The Balaban J connectivity index is 1.41. The smallest absolute Gasteiger partial charge is 0.256 e. The SMILES string of the molecule is Cc1cc(C)n2c(SC(C)C(=O)Nc3ccc(N4CCOCC4)cc3)nnc2n1. The molecule has 29 heavy (non-hydrogen) atoms. The summed E-state index contributed by atoms with van der Waals surface area (Å²) in [6.07, 6.45) is 0. The maximum atomic E-state index is 12.7. The molecular formula is C20H24N6O2S. The van der Waals surface area contributed by atoms with Crippen LogP contribution in [0.25, 0.3) is 5.78 Å². The minimum Gasteiger partial charge on any atom is -0.378 e. The van der Waals surface area contributed by atoms with Crippen molar-refractivity contribution in [1.29, 1.82) is 0 Å². The summed E-state index contributed by atoms with van der Waals surface area (Å²) in [6.45, 7) is 9.04. The van der Waals surface area contributed by atoms with Crippen molar-refractivity contribution in [2.45, 2.75) is 31.2 Å². The molecule has 0 aliphatic carbocycles. The second-order valence-electron chi connectivity index (χ2n) is 7.05. The number of nitrogens with zero attached hydrogens (tertiary/aromatic N) is 5. The lowest BCUT2D eigenvalue weighted by Gasteiger charge is -2.28. The summed E-state index contributed by atoms with van der Waals surface area (Å²) in [5, 5.41) is 11.6. The average Bonchev–Trinajstić information content (AvgIpc) is 3.12. The van der Waals surface area contributed by atoms with E-state index >= 15 is 0 Å². The molecular weight excluding hydrogens is 388 g/mol. The Labute approximate surface area is 173 Å². The summed E-state index contributed by atoms with van der Waals surface area (Å²) in [5.41, 5.74) is 3.80. The molecule has 3 heterocycles. The number of aryl methyl sites for hydroxylation is 2. The molecule has 1 aliphatic heterocycles. The molecule has 1 atom stereocenters. The molecule has 1 unspecified atom stereocenters. The van der Waals surface area contributed by atoms with E-state index in [0.29, 0.717) is 10.9 Å². The van der Waals surface area contributed by atoms with Gasteiger partial charge in [0.15, 0.2) is 5.16 Å². The van der Waals surface area contributed by atoms with E-state index in [2.05, 4.69) is 25.4 Å². The van der Waals surface area contributed by atoms with Crippen molar-refractivity contribution in [1.82, 2.24) is 19.6 Å². The Hall–Kier alpha value is -2.65. The third kappa shape index (κ3) is 4.35. The Morgan fingerprint density at radius 1 is 1.17 bits per heavy atom. The highest BCUT2D eigenvalue weighted by atomic mass is 32.2. The third-order valence-corrected chi connectivity index (χ3v) is 5.87. The summed E-state index contributed by atoms with van der Waals surface area (Å²) < 4.78 is 7.26. The number of nitrogens with one attached hydrogen (secondary N) is 1. The summed E-state index contributed by atoms with van der Waals surface area (Å²) in [6, 6.07) is 9.90. The Kier molecular flexibility index (Phi) is 5.68. The highest BCUT2D eigenvalue weighted by Gasteiger charge is 2.19. The van der Waals surface area contributed by atoms with Crippen LogP contribution < -0.4 is 10.2 Å². The topological polar surface area (TPSA) is 84.7 Å². The van der Waals surface area contributed by atoms with E-state index in [-0.39, 0.29) is 11.2 Å². The zero-order valence-electron chi connectivity index (χ0n) is 16.8. The van der Waals surface area contributed by atoms with Crippen molar-refractivity contribution in [3.63, 3.8) is 0 Å². The first-order chi connectivity index (χ1) is 14.0. The highest BCUT2D eigenvalue weighted by molar-refractivity contribution is 8.00. The van der Waals surface area contributed by atoms with Gasteiger partial charge < -0.3 is 15.0 Å². The van der Waals surface area contributed by atoms with Crippen LogP contribution in [-0.4, -0.2) is 57.0 Å². The highest BCUT2D eigenvalue weighted by Crippen LogP contribution is 2.25. The summed E-state index contributed by atoms with van der Waals surface area (Å²) in [7, 11) is 0. The predicted octanol–water partition coefficient (Wildman–Crippen LogP) is 2.70. The van der Waals surface area contributed by atoms with E-state index in [9.17, 15) is 4.79 Å². The molecule has 0 spiro atoms. The van der Waals surface area contributed by atoms with Gasteiger partial charge in [0.1, 0.15) is 0 Å². The first-order valence-corrected chi connectivity index (χ1v) is 10.5. The van der Waals surface area contributed by atoms with Gasteiger partial charge in [0.2, 0.25) is 5.91 Å². The van der Waals surface area contributed by atoms with E-state index in [0.717, 1.165) is 49.1 Å². The van der Waals surface area contributed by atoms with Gasteiger partial charge >= 0.3 is 0 Å². The Morgan fingerprint density at radius 2 is 1.90 bits per heavy atom. The van der Waals surface area contributed by atoms with E-state index < -0.39 is 0 Å². The van der Waals surface area contributed by atoms with Gasteiger partial charge in [0.25, 0.3) is 5.78 Å². The lowest BCUT2D eigenvalue weighted by atomic mass is 10.2. The van der Waals surface area contributed by atoms with E-state index in [1.807, 2.05) is 55.5 Å². The maximum Gasteiger partial charge on any atom is 0.256 e. The molecule has 1 aliphatic rings. The van der Waals surface area contributed by atoms with Gasteiger partial charge in [0, 0.05) is 35.9 Å². The number of anilines is 2. The number of morpholine rings is 1. The number of hydrogen-bond donors (Lipinski definition) is 1. The van der Waals surface area contributed by atoms with Gasteiger partial charge in [-0.2, -0.15) is 0 Å². The van der Waals surface area contributed by atoms with Crippen molar-refractivity contribution in [3.05, 3.63) is 41.7 Å². The lowest BCUT2D eigenvalue weighted by molar-refractivity contribution is -0.115. The van der Waals surface area contributed by atoms with Gasteiger partial charge in [-0.05, 0) is 51.1 Å². The van der Waals surface area contributed by atoms with Crippen LogP contribution in [0.15, 0.2) is 35.5 Å². The van der Waals surface area contributed by atoms with E-state index in [1.54, 1.807) is 0 Å². The van der Waals surface area contributed by atoms with Crippen molar-refractivity contribution < 1.29 is 9.53 Å². The average molecular weight is 413 g/mol. The fourth-order valence-electron chi connectivity index (χ4n) is 3.31. The molecule has 2 aromatic heterocycles. The molecule has 0 bridgehead atoms. The zero-order valence-corrected chi connectivity index (χ0v) is 17.6. The van der Waals surface area contributed by atoms with Crippen molar-refractivity contribution >= 4 is 34.8 Å². The van der Waals surface area contributed by atoms with Crippen LogP contribution in [0.4, 0.5) is 11.4 Å². The fraction of sp³-hybridized carbons (Fsp3) is 0.400. The quantitative estimate of drug-likeness (QED) is 0.645. The maximum absolute atomic E-state index is 12.7. The molecule has 1 fully saturated rings. The molecule has 152 valence electrons. The standard InChI is InChI=1S/C20H24N6O2S/c1-13-12-14(2)26-19(21-13)23-24-20(26)29-15(3)18(27)22-16-4-6-17(7-5-16)25-8-10-28-11-9-25/h4-7,12,15H,8-11H2,1-3H3,(H,22,27). The van der Waals surface area contributed by atoms with Crippen LogP contribution in [0.2, 0.25) is 0 Å². The zero-order chi connectivity index (χ0) is 20.4. The Morgan fingerprint density at radius 3 is 2.62 bits per heavy atom. The number of amides is 1. The van der Waals surface area contributed by atoms with Crippen molar-refractivity contribution in [3.8, 4) is 0 Å². The first-order valence-electron chi connectivity index (χ1n) is 9.61. The van der Waals surface area contributed by atoms with Crippen molar-refractivity contribution in [2.75, 3.05) is 36.5 Å². The second kappa shape index (κ2) is 8.38. The number of ether oxygens (including phenoxy) is 1. The molecule has 4 rings (SSSR count). The molecule has 1 amide bonds. The third-order valence-electron chi connectivity index (χ3n) is 4.83. The number of carbonyl (C=O) groups is 1.